The molecule has 1 aliphatic rings. The molecule has 0 heterocycles. The van der Waals surface area contributed by atoms with Gasteiger partial charge in [-0.2, -0.15) is 0 Å². The SMILES string of the molecule is CCCCCC1CCC(c2cc(F)cc(OCc3cccc(F)c3)c2)CC1. The molecule has 1 fully saturated rings. The zero-order chi connectivity index (χ0) is 19.1. The molecule has 0 amide bonds. The first kappa shape index (κ1) is 19.9. The Morgan fingerprint density at radius 1 is 0.926 bits per heavy atom. The smallest absolute Gasteiger partial charge is 0.127 e. The number of hydrogen-bond acceptors (Lipinski definition) is 1. The van der Waals surface area contributed by atoms with E-state index < -0.39 is 0 Å². The van der Waals surface area contributed by atoms with Gasteiger partial charge < -0.3 is 4.74 Å². The molecule has 1 nitrogen and oxygen atoms in total. The highest BCUT2D eigenvalue weighted by Crippen LogP contribution is 2.39. The number of benzene rings is 2. The molecule has 0 aliphatic heterocycles. The van der Waals surface area contributed by atoms with Crippen molar-refractivity contribution in [3.63, 3.8) is 0 Å². The molecule has 3 rings (SSSR count). The van der Waals surface area contributed by atoms with E-state index >= 15 is 0 Å². The molecule has 0 saturated heterocycles. The average Bonchev–Trinajstić information content (AvgIpc) is 2.67. The maximum Gasteiger partial charge on any atom is 0.127 e. The van der Waals surface area contributed by atoms with Crippen LogP contribution in [0.25, 0.3) is 0 Å². The minimum absolute atomic E-state index is 0.241. The number of unbranched alkanes of at least 4 members (excludes halogenated alkanes) is 2. The number of ether oxygens (including phenoxy) is 1. The molecule has 0 N–H and O–H groups in total. The second kappa shape index (κ2) is 9.87. The van der Waals surface area contributed by atoms with Crippen molar-refractivity contribution in [1.82, 2.24) is 0 Å². The lowest BCUT2D eigenvalue weighted by Crippen LogP contribution is -2.13. The fraction of sp³-hybridized carbons (Fsp3) is 0.500. The van der Waals surface area contributed by atoms with Crippen LogP contribution >= 0.6 is 0 Å². The van der Waals surface area contributed by atoms with Crippen LogP contribution in [-0.2, 0) is 6.61 Å². The number of rotatable bonds is 8. The molecule has 0 bridgehead atoms. The van der Waals surface area contributed by atoms with Gasteiger partial charge in [0.05, 0.1) is 0 Å². The Bertz CT molecular complexity index is 720. The molecule has 1 saturated carbocycles. The fourth-order valence-corrected chi connectivity index (χ4v) is 4.16. The molecule has 27 heavy (non-hydrogen) atoms. The molecule has 2 aromatic carbocycles. The van der Waals surface area contributed by atoms with Gasteiger partial charge in [0, 0.05) is 6.07 Å². The molecular weight excluding hydrogens is 342 g/mol. The van der Waals surface area contributed by atoms with Crippen LogP contribution in [0.15, 0.2) is 42.5 Å². The van der Waals surface area contributed by atoms with Crippen LogP contribution in [0.4, 0.5) is 8.78 Å². The second-order valence-corrected chi connectivity index (χ2v) is 7.85. The van der Waals surface area contributed by atoms with Gasteiger partial charge in [-0.3, -0.25) is 0 Å². The lowest BCUT2D eigenvalue weighted by atomic mass is 9.77. The quantitative estimate of drug-likeness (QED) is 0.439. The second-order valence-electron chi connectivity index (χ2n) is 7.85. The van der Waals surface area contributed by atoms with Crippen molar-refractivity contribution in [3.8, 4) is 5.75 Å². The first-order valence-electron chi connectivity index (χ1n) is 10.3. The highest BCUT2D eigenvalue weighted by atomic mass is 19.1. The molecule has 1 aliphatic carbocycles. The lowest BCUT2D eigenvalue weighted by Gasteiger charge is -2.29. The first-order valence-corrected chi connectivity index (χ1v) is 10.3. The lowest BCUT2D eigenvalue weighted by molar-refractivity contribution is 0.295. The van der Waals surface area contributed by atoms with Crippen molar-refractivity contribution in [1.29, 1.82) is 0 Å². The summed E-state index contributed by atoms with van der Waals surface area (Å²) in [5, 5.41) is 0. The van der Waals surface area contributed by atoms with Crippen molar-refractivity contribution in [2.24, 2.45) is 5.92 Å². The van der Waals surface area contributed by atoms with Crippen LogP contribution in [0.2, 0.25) is 0 Å². The Morgan fingerprint density at radius 3 is 2.48 bits per heavy atom. The summed E-state index contributed by atoms with van der Waals surface area (Å²) in [4.78, 5) is 0. The van der Waals surface area contributed by atoms with Gasteiger partial charge >= 0.3 is 0 Å². The minimum atomic E-state index is -0.285. The van der Waals surface area contributed by atoms with Gasteiger partial charge in [0.2, 0.25) is 0 Å². The maximum absolute atomic E-state index is 14.1. The highest BCUT2D eigenvalue weighted by Gasteiger charge is 2.23. The van der Waals surface area contributed by atoms with Gasteiger partial charge in [-0.05, 0) is 72.9 Å². The van der Waals surface area contributed by atoms with Crippen molar-refractivity contribution >= 4 is 0 Å². The van der Waals surface area contributed by atoms with Gasteiger partial charge in [0.15, 0.2) is 0 Å². The maximum atomic E-state index is 14.1. The van der Waals surface area contributed by atoms with Gasteiger partial charge in [-0.1, -0.05) is 44.7 Å². The van der Waals surface area contributed by atoms with Crippen LogP contribution in [0, 0.1) is 17.6 Å². The Balaban J connectivity index is 1.57. The van der Waals surface area contributed by atoms with E-state index in [1.54, 1.807) is 12.1 Å². The average molecular weight is 372 g/mol. The molecule has 0 unspecified atom stereocenters. The summed E-state index contributed by atoms with van der Waals surface area (Å²) in [6.45, 7) is 2.49. The van der Waals surface area contributed by atoms with Crippen molar-refractivity contribution in [2.75, 3.05) is 0 Å². The van der Waals surface area contributed by atoms with Gasteiger partial charge in [0.25, 0.3) is 0 Å². The van der Waals surface area contributed by atoms with Crippen molar-refractivity contribution in [3.05, 3.63) is 65.2 Å². The monoisotopic (exact) mass is 372 g/mol. The van der Waals surface area contributed by atoms with Gasteiger partial charge in [0.1, 0.15) is 24.0 Å². The number of halogens is 2. The Kier molecular flexibility index (Phi) is 7.25. The third-order valence-corrected chi connectivity index (χ3v) is 5.72. The predicted octanol–water partition coefficient (Wildman–Crippen LogP) is 7.40. The van der Waals surface area contributed by atoms with Crippen LogP contribution in [0.1, 0.15) is 75.3 Å². The Hall–Kier alpha value is -1.90. The van der Waals surface area contributed by atoms with Gasteiger partial charge in [-0.25, -0.2) is 8.78 Å². The van der Waals surface area contributed by atoms with E-state index in [1.165, 1.54) is 56.7 Å². The third kappa shape index (κ3) is 6.05. The fourth-order valence-electron chi connectivity index (χ4n) is 4.16. The van der Waals surface area contributed by atoms with E-state index in [0.717, 1.165) is 29.9 Å². The summed E-state index contributed by atoms with van der Waals surface area (Å²) >= 11 is 0. The Labute approximate surface area is 161 Å². The van der Waals surface area contributed by atoms with Crippen LogP contribution in [-0.4, -0.2) is 0 Å². The molecular formula is C24H30F2O. The standard InChI is InChI=1S/C24H30F2O/c1-2-3-4-6-18-9-11-20(12-10-18)21-14-23(26)16-24(15-21)27-17-19-7-5-8-22(25)13-19/h5,7-8,13-16,18,20H,2-4,6,9-12,17H2,1H3. The number of hydrogen-bond donors (Lipinski definition) is 0. The zero-order valence-electron chi connectivity index (χ0n) is 16.2. The largest absolute Gasteiger partial charge is 0.489 e. The third-order valence-electron chi connectivity index (χ3n) is 5.72. The van der Waals surface area contributed by atoms with Gasteiger partial charge in [-0.15, -0.1) is 0 Å². The molecule has 146 valence electrons. The molecule has 3 heteroatoms. The van der Waals surface area contributed by atoms with E-state index in [2.05, 4.69) is 6.92 Å². The highest BCUT2D eigenvalue weighted by molar-refractivity contribution is 5.32. The van der Waals surface area contributed by atoms with E-state index in [-0.39, 0.29) is 18.2 Å². The zero-order valence-corrected chi connectivity index (χ0v) is 16.2. The van der Waals surface area contributed by atoms with E-state index in [0.29, 0.717) is 11.7 Å². The minimum Gasteiger partial charge on any atom is -0.489 e. The summed E-state index contributed by atoms with van der Waals surface area (Å²) in [5.74, 6) is 1.24. The summed E-state index contributed by atoms with van der Waals surface area (Å²) in [6.07, 6.45) is 10.0. The van der Waals surface area contributed by atoms with E-state index in [9.17, 15) is 8.78 Å². The Morgan fingerprint density at radius 2 is 1.74 bits per heavy atom. The molecule has 2 aromatic rings. The normalized spacial score (nSPS) is 19.8. The molecule has 0 spiro atoms. The summed E-state index contributed by atoms with van der Waals surface area (Å²) in [6, 6.07) is 11.3. The van der Waals surface area contributed by atoms with Crippen LogP contribution in [0.3, 0.4) is 0 Å². The topological polar surface area (TPSA) is 9.23 Å². The van der Waals surface area contributed by atoms with E-state index in [4.69, 9.17) is 4.74 Å². The summed E-state index contributed by atoms with van der Waals surface area (Å²) in [5.41, 5.74) is 1.78. The first-order chi connectivity index (χ1) is 13.1. The predicted molar refractivity (Wildman–Crippen MR) is 106 cm³/mol. The van der Waals surface area contributed by atoms with Crippen molar-refractivity contribution < 1.29 is 13.5 Å². The van der Waals surface area contributed by atoms with Crippen LogP contribution < -0.4 is 4.74 Å². The van der Waals surface area contributed by atoms with Crippen LogP contribution in [0.5, 0.6) is 5.75 Å². The van der Waals surface area contributed by atoms with E-state index in [1.807, 2.05) is 12.1 Å². The molecule has 0 aromatic heterocycles. The summed E-state index contributed by atoms with van der Waals surface area (Å²) in [7, 11) is 0. The molecule has 0 atom stereocenters. The van der Waals surface area contributed by atoms with Crippen molar-refractivity contribution in [2.45, 2.75) is 70.8 Å². The summed E-state index contributed by atoms with van der Waals surface area (Å²) < 4.78 is 33.1. The molecule has 0 radical (unpaired) electrons.